The Morgan fingerprint density at radius 3 is 2.65 bits per heavy atom. The lowest BCUT2D eigenvalue weighted by atomic mass is 10.3. The molecule has 0 saturated heterocycles. The SMILES string of the molecule is CCOc1ccccc1OCCN1C=NCC1. The third-order valence-electron chi connectivity index (χ3n) is 2.55. The van der Waals surface area contributed by atoms with Crippen LogP contribution in [0, 0.1) is 0 Å². The summed E-state index contributed by atoms with van der Waals surface area (Å²) in [7, 11) is 0. The van der Waals surface area contributed by atoms with Crippen LogP contribution in [0.2, 0.25) is 0 Å². The van der Waals surface area contributed by atoms with Gasteiger partial charge < -0.3 is 14.4 Å². The van der Waals surface area contributed by atoms with Gasteiger partial charge in [-0.2, -0.15) is 0 Å². The standard InChI is InChI=1S/C13H18N2O2/c1-2-16-12-5-3-4-6-13(12)17-10-9-15-8-7-14-11-15/h3-6,11H,2,7-10H2,1H3. The molecule has 92 valence electrons. The Balaban J connectivity index is 1.83. The van der Waals surface area contributed by atoms with Crippen LogP contribution in [-0.4, -0.2) is 44.1 Å². The average Bonchev–Trinajstić information content (AvgIpc) is 2.85. The van der Waals surface area contributed by atoms with Crippen molar-refractivity contribution in [1.29, 1.82) is 0 Å². The first-order valence-corrected chi connectivity index (χ1v) is 5.99. The van der Waals surface area contributed by atoms with Crippen LogP contribution in [0.5, 0.6) is 11.5 Å². The molecule has 1 aromatic carbocycles. The summed E-state index contributed by atoms with van der Waals surface area (Å²) in [6, 6.07) is 7.76. The van der Waals surface area contributed by atoms with Gasteiger partial charge >= 0.3 is 0 Å². The maximum atomic E-state index is 5.72. The molecule has 1 aliphatic heterocycles. The number of hydrogen-bond donors (Lipinski definition) is 0. The normalized spacial score (nSPS) is 14.1. The number of nitrogens with zero attached hydrogens (tertiary/aromatic N) is 2. The number of benzene rings is 1. The number of ether oxygens (including phenoxy) is 2. The van der Waals surface area contributed by atoms with Gasteiger partial charge in [-0.3, -0.25) is 4.99 Å². The van der Waals surface area contributed by atoms with Gasteiger partial charge in [0.05, 0.1) is 26.0 Å². The highest BCUT2D eigenvalue weighted by atomic mass is 16.5. The highest BCUT2D eigenvalue weighted by Gasteiger charge is 2.06. The molecule has 0 aliphatic carbocycles. The summed E-state index contributed by atoms with van der Waals surface area (Å²) in [5.74, 6) is 1.62. The second-order valence-electron chi connectivity index (χ2n) is 3.79. The van der Waals surface area contributed by atoms with Gasteiger partial charge in [-0.25, -0.2) is 0 Å². The van der Waals surface area contributed by atoms with Crippen LogP contribution < -0.4 is 9.47 Å². The van der Waals surface area contributed by atoms with Gasteiger partial charge in [-0.15, -0.1) is 0 Å². The lowest BCUT2D eigenvalue weighted by molar-refractivity contribution is 0.255. The van der Waals surface area contributed by atoms with E-state index in [0.29, 0.717) is 13.2 Å². The summed E-state index contributed by atoms with van der Waals surface area (Å²) < 4.78 is 11.2. The molecule has 0 N–H and O–H groups in total. The topological polar surface area (TPSA) is 34.1 Å². The molecule has 4 heteroatoms. The minimum absolute atomic E-state index is 0.649. The molecule has 0 aromatic heterocycles. The summed E-state index contributed by atoms with van der Waals surface area (Å²) in [6.07, 6.45) is 1.89. The summed E-state index contributed by atoms with van der Waals surface area (Å²) in [5, 5.41) is 0. The van der Waals surface area contributed by atoms with Crippen molar-refractivity contribution < 1.29 is 9.47 Å². The molecule has 0 amide bonds. The van der Waals surface area contributed by atoms with Crippen LogP contribution in [0.4, 0.5) is 0 Å². The Morgan fingerprint density at radius 2 is 2.00 bits per heavy atom. The lowest BCUT2D eigenvalue weighted by Crippen LogP contribution is -2.25. The molecule has 17 heavy (non-hydrogen) atoms. The van der Waals surface area contributed by atoms with Crippen molar-refractivity contribution in [2.75, 3.05) is 32.8 Å². The molecule has 1 aromatic rings. The van der Waals surface area contributed by atoms with E-state index in [1.54, 1.807) is 0 Å². The fraction of sp³-hybridized carbons (Fsp3) is 0.462. The molecule has 0 unspecified atom stereocenters. The zero-order valence-electron chi connectivity index (χ0n) is 10.1. The van der Waals surface area contributed by atoms with E-state index in [1.165, 1.54) is 0 Å². The molecule has 1 heterocycles. The number of hydrogen-bond acceptors (Lipinski definition) is 4. The van der Waals surface area contributed by atoms with E-state index < -0.39 is 0 Å². The van der Waals surface area contributed by atoms with Crippen molar-refractivity contribution in [3.8, 4) is 11.5 Å². The molecular weight excluding hydrogens is 216 g/mol. The van der Waals surface area contributed by atoms with Crippen LogP contribution in [0.25, 0.3) is 0 Å². The maximum absolute atomic E-state index is 5.72. The molecule has 0 fully saturated rings. The molecular formula is C13H18N2O2. The van der Waals surface area contributed by atoms with Gasteiger partial charge in [0.25, 0.3) is 0 Å². The highest BCUT2D eigenvalue weighted by molar-refractivity contribution is 5.56. The zero-order chi connectivity index (χ0) is 11.9. The first kappa shape index (κ1) is 11.8. The van der Waals surface area contributed by atoms with Gasteiger partial charge in [0.1, 0.15) is 6.61 Å². The monoisotopic (exact) mass is 234 g/mol. The number of aliphatic imine (C=N–C) groups is 1. The van der Waals surface area contributed by atoms with Crippen LogP contribution in [-0.2, 0) is 0 Å². The summed E-state index contributed by atoms with van der Waals surface area (Å²) in [6.45, 7) is 6.03. The van der Waals surface area contributed by atoms with Crippen molar-refractivity contribution in [1.82, 2.24) is 4.90 Å². The van der Waals surface area contributed by atoms with E-state index in [0.717, 1.165) is 31.1 Å². The third kappa shape index (κ3) is 3.37. The first-order valence-electron chi connectivity index (χ1n) is 5.99. The predicted octanol–water partition coefficient (Wildman–Crippen LogP) is 1.81. The van der Waals surface area contributed by atoms with Crippen LogP contribution in [0.1, 0.15) is 6.92 Å². The minimum Gasteiger partial charge on any atom is -0.490 e. The predicted molar refractivity (Wildman–Crippen MR) is 68.0 cm³/mol. The van der Waals surface area contributed by atoms with Gasteiger partial charge in [0.2, 0.25) is 0 Å². The Labute approximate surface area is 102 Å². The largest absolute Gasteiger partial charge is 0.490 e. The lowest BCUT2D eigenvalue weighted by Gasteiger charge is -2.15. The third-order valence-corrected chi connectivity index (χ3v) is 2.55. The minimum atomic E-state index is 0.649. The van der Waals surface area contributed by atoms with Crippen LogP contribution in [0.3, 0.4) is 0 Å². The van der Waals surface area contributed by atoms with Crippen molar-refractivity contribution >= 4 is 6.34 Å². The number of para-hydroxylation sites is 2. The van der Waals surface area contributed by atoms with Crippen molar-refractivity contribution in [3.63, 3.8) is 0 Å². The summed E-state index contributed by atoms with van der Waals surface area (Å²) in [5.41, 5.74) is 0. The molecule has 4 nitrogen and oxygen atoms in total. The molecule has 0 radical (unpaired) electrons. The second-order valence-corrected chi connectivity index (χ2v) is 3.79. The highest BCUT2D eigenvalue weighted by Crippen LogP contribution is 2.26. The Morgan fingerprint density at radius 1 is 1.24 bits per heavy atom. The Bertz CT molecular complexity index is 379. The van der Waals surface area contributed by atoms with Gasteiger partial charge in [0, 0.05) is 6.54 Å². The molecule has 2 rings (SSSR count). The van der Waals surface area contributed by atoms with Crippen molar-refractivity contribution in [2.24, 2.45) is 4.99 Å². The van der Waals surface area contributed by atoms with E-state index in [4.69, 9.17) is 9.47 Å². The van der Waals surface area contributed by atoms with Gasteiger partial charge in [0.15, 0.2) is 11.5 Å². The van der Waals surface area contributed by atoms with Crippen molar-refractivity contribution in [2.45, 2.75) is 6.92 Å². The van der Waals surface area contributed by atoms with E-state index in [2.05, 4.69) is 9.89 Å². The fourth-order valence-electron chi connectivity index (χ4n) is 1.70. The van der Waals surface area contributed by atoms with Gasteiger partial charge in [-0.1, -0.05) is 12.1 Å². The van der Waals surface area contributed by atoms with E-state index in [1.807, 2.05) is 37.5 Å². The molecule has 1 aliphatic rings. The second kappa shape index (κ2) is 6.13. The fourth-order valence-corrected chi connectivity index (χ4v) is 1.70. The Kier molecular flexibility index (Phi) is 4.24. The molecule has 0 atom stereocenters. The van der Waals surface area contributed by atoms with Gasteiger partial charge in [-0.05, 0) is 19.1 Å². The summed E-state index contributed by atoms with van der Waals surface area (Å²) >= 11 is 0. The van der Waals surface area contributed by atoms with Crippen molar-refractivity contribution in [3.05, 3.63) is 24.3 Å². The molecule has 0 saturated carbocycles. The first-order chi connectivity index (χ1) is 8.40. The van der Waals surface area contributed by atoms with E-state index in [9.17, 15) is 0 Å². The number of rotatable bonds is 6. The smallest absolute Gasteiger partial charge is 0.161 e. The van der Waals surface area contributed by atoms with Crippen LogP contribution >= 0.6 is 0 Å². The molecule has 0 spiro atoms. The van der Waals surface area contributed by atoms with E-state index in [-0.39, 0.29) is 0 Å². The average molecular weight is 234 g/mol. The quantitative estimate of drug-likeness (QED) is 0.752. The zero-order valence-corrected chi connectivity index (χ0v) is 10.1. The molecule has 0 bridgehead atoms. The Hall–Kier alpha value is -1.71. The summed E-state index contributed by atoms with van der Waals surface area (Å²) in [4.78, 5) is 6.31. The van der Waals surface area contributed by atoms with E-state index >= 15 is 0 Å². The maximum Gasteiger partial charge on any atom is 0.161 e. The van der Waals surface area contributed by atoms with Crippen LogP contribution in [0.15, 0.2) is 29.3 Å².